The summed E-state index contributed by atoms with van der Waals surface area (Å²) in [7, 11) is 0. The molecule has 0 aliphatic heterocycles. The Morgan fingerprint density at radius 1 is 1.05 bits per heavy atom. The summed E-state index contributed by atoms with van der Waals surface area (Å²) in [4.78, 5) is 5.60. The number of halogens is 1. The lowest BCUT2D eigenvalue weighted by atomic mass is 10.1. The highest BCUT2D eigenvalue weighted by Crippen LogP contribution is 2.34. The molecule has 0 aliphatic rings. The summed E-state index contributed by atoms with van der Waals surface area (Å²) in [5.74, 6) is -0.0588. The van der Waals surface area contributed by atoms with E-state index in [1.807, 2.05) is 19.1 Å². The van der Waals surface area contributed by atoms with Gasteiger partial charge in [-0.2, -0.15) is 0 Å². The van der Waals surface area contributed by atoms with Crippen molar-refractivity contribution in [2.45, 2.75) is 6.92 Å². The first kappa shape index (κ1) is 12.8. The highest BCUT2D eigenvalue weighted by Gasteiger charge is 2.12. The van der Waals surface area contributed by atoms with E-state index in [1.165, 1.54) is 23.5 Å². The molecule has 100 valence electrons. The Morgan fingerprint density at radius 2 is 1.80 bits per heavy atom. The van der Waals surface area contributed by atoms with Gasteiger partial charge in [-0.05, 0) is 31.2 Å². The van der Waals surface area contributed by atoms with Crippen LogP contribution in [0.4, 0.5) is 4.39 Å². The van der Waals surface area contributed by atoms with E-state index in [4.69, 9.17) is 0 Å². The van der Waals surface area contributed by atoms with Gasteiger partial charge in [0.25, 0.3) is 0 Å². The molecule has 2 nitrogen and oxygen atoms in total. The number of phenols is 1. The summed E-state index contributed by atoms with van der Waals surface area (Å²) in [6.07, 6.45) is 0. The molecule has 3 rings (SSSR count). The van der Waals surface area contributed by atoms with Crippen molar-refractivity contribution >= 4 is 11.3 Å². The third-order valence-electron chi connectivity index (χ3n) is 2.99. The van der Waals surface area contributed by atoms with Crippen LogP contribution in [-0.2, 0) is 0 Å². The minimum Gasteiger partial charge on any atom is -0.508 e. The molecule has 0 spiro atoms. The van der Waals surface area contributed by atoms with Crippen molar-refractivity contribution in [3.05, 3.63) is 59.2 Å². The molecule has 4 heteroatoms. The molecule has 0 bridgehead atoms. The van der Waals surface area contributed by atoms with Crippen molar-refractivity contribution in [2.75, 3.05) is 0 Å². The Bertz CT molecular complexity index is 767. The summed E-state index contributed by atoms with van der Waals surface area (Å²) in [5, 5.41) is 10.3. The van der Waals surface area contributed by atoms with Gasteiger partial charge < -0.3 is 5.11 Å². The lowest BCUT2D eigenvalue weighted by Crippen LogP contribution is -1.83. The zero-order chi connectivity index (χ0) is 14.1. The molecule has 0 atom stereocenters. The van der Waals surface area contributed by atoms with Crippen LogP contribution in [0.2, 0.25) is 0 Å². The second-order valence-corrected chi connectivity index (χ2v) is 5.69. The predicted octanol–water partition coefficient (Wildman–Crippen LogP) is 4.63. The number of aryl methyl sites for hydroxylation is 1. The Labute approximate surface area is 120 Å². The number of benzene rings is 2. The van der Waals surface area contributed by atoms with Gasteiger partial charge in [0.05, 0.1) is 5.69 Å². The third-order valence-corrected chi connectivity index (χ3v) is 4.01. The van der Waals surface area contributed by atoms with Crippen LogP contribution in [0.5, 0.6) is 5.75 Å². The van der Waals surface area contributed by atoms with Crippen molar-refractivity contribution in [1.29, 1.82) is 0 Å². The summed E-state index contributed by atoms with van der Waals surface area (Å²) >= 11 is 1.53. The average molecular weight is 285 g/mol. The van der Waals surface area contributed by atoms with Crippen molar-refractivity contribution in [3.63, 3.8) is 0 Å². The summed E-state index contributed by atoms with van der Waals surface area (Å²) in [5.41, 5.74) is 2.42. The smallest absolute Gasteiger partial charge is 0.124 e. The van der Waals surface area contributed by atoms with Gasteiger partial charge in [-0.3, -0.25) is 0 Å². The molecule has 0 amide bonds. The van der Waals surface area contributed by atoms with Crippen LogP contribution >= 0.6 is 11.3 Å². The monoisotopic (exact) mass is 285 g/mol. The van der Waals surface area contributed by atoms with E-state index in [0.717, 1.165) is 26.7 Å². The van der Waals surface area contributed by atoms with Crippen molar-refractivity contribution in [1.82, 2.24) is 4.98 Å². The number of thiazole rings is 1. The molecule has 3 aromatic rings. The molecular formula is C16H12FNOS. The number of phenolic OH excluding ortho intramolecular Hbond substituents is 1. The summed E-state index contributed by atoms with van der Waals surface area (Å²) in [6, 6.07) is 13.4. The van der Waals surface area contributed by atoms with E-state index in [2.05, 4.69) is 4.98 Å². The van der Waals surface area contributed by atoms with Crippen LogP contribution in [0.15, 0.2) is 48.5 Å². The highest BCUT2D eigenvalue weighted by atomic mass is 32.1. The SMILES string of the molecule is Cc1sc(-c2cccc(O)c2)nc1-c1cccc(F)c1. The average Bonchev–Trinajstić information content (AvgIpc) is 2.81. The topological polar surface area (TPSA) is 33.1 Å². The zero-order valence-electron chi connectivity index (χ0n) is 10.8. The first-order valence-corrected chi connectivity index (χ1v) is 6.98. The number of aromatic nitrogens is 1. The lowest BCUT2D eigenvalue weighted by molar-refractivity contribution is 0.475. The van der Waals surface area contributed by atoms with Crippen LogP contribution in [0.3, 0.4) is 0 Å². The van der Waals surface area contributed by atoms with E-state index in [1.54, 1.807) is 24.3 Å². The molecule has 20 heavy (non-hydrogen) atoms. The van der Waals surface area contributed by atoms with Crippen molar-refractivity contribution in [2.24, 2.45) is 0 Å². The molecule has 0 saturated carbocycles. The molecular weight excluding hydrogens is 273 g/mol. The Morgan fingerprint density at radius 3 is 2.55 bits per heavy atom. The molecule has 1 aromatic heterocycles. The number of rotatable bonds is 2. The standard InChI is InChI=1S/C16H12FNOS/c1-10-15(11-4-2-6-13(17)8-11)18-16(20-10)12-5-3-7-14(19)9-12/h2-9,19H,1H3. The first-order valence-electron chi connectivity index (χ1n) is 6.16. The minimum atomic E-state index is -0.270. The Balaban J connectivity index is 2.08. The van der Waals surface area contributed by atoms with Crippen LogP contribution in [-0.4, -0.2) is 10.1 Å². The van der Waals surface area contributed by atoms with Crippen molar-refractivity contribution < 1.29 is 9.50 Å². The number of aromatic hydroxyl groups is 1. The highest BCUT2D eigenvalue weighted by molar-refractivity contribution is 7.15. The number of hydrogen-bond donors (Lipinski definition) is 1. The van der Waals surface area contributed by atoms with Crippen LogP contribution in [0.25, 0.3) is 21.8 Å². The van der Waals surface area contributed by atoms with E-state index in [9.17, 15) is 9.50 Å². The maximum absolute atomic E-state index is 13.3. The number of nitrogens with zero attached hydrogens (tertiary/aromatic N) is 1. The largest absolute Gasteiger partial charge is 0.508 e. The second kappa shape index (κ2) is 5.06. The fraction of sp³-hybridized carbons (Fsp3) is 0.0625. The quantitative estimate of drug-likeness (QED) is 0.744. The van der Waals surface area contributed by atoms with Crippen molar-refractivity contribution in [3.8, 4) is 27.6 Å². The Hall–Kier alpha value is -2.20. The normalized spacial score (nSPS) is 10.7. The van der Waals surface area contributed by atoms with Gasteiger partial charge >= 0.3 is 0 Å². The van der Waals surface area contributed by atoms with E-state index < -0.39 is 0 Å². The fourth-order valence-electron chi connectivity index (χ4n) is 2.06. The van der Waals surface area contributed by atoms with Gasteiger partial charge in [0.15, 0.2) is 0 Å². The van der Waals surface area contributed by atoms with E-state index in [0.29, 0.717) is 0 Å². The molecule has 2 aromatic carbocycles. The summed E-state index contributed by atoms with van der Waals surface area (Å²) in [6.45, 7) is 1.96. The lowest BCUT2D eigenvalue weighted by Gasteiger charge is -1.99. The van der Waals surface area contributed by atoms with Gasteiger partial charge in [0, 0.05) is 16.0 Å². The summed E-state index contributed by atoms with van der Waals surface area (Å²) < 4.78 is 13.3. The first-order chi connectivity index (χ1) is 9.63. The maximum atomic E-state index is 13.3. The van der Waals surface area contributed by atoms with E-state index in [-0.39, 0.29) is 11.6 Å². The van der Waals surface area contributed by atoms with Gasteiger partial charge in [0.1, 0.15) is 16.6 Å². The van der Waals surface area contributed by atoms with Gasteiger partial charge in [-0.1, -0.05) is 24.3 Å². The zero-order valence-corrected chi connectivity index (χ0v) is 11.6. The molecule has 1 heterocycles. The minimum absolute atomic E-state index is 0.211. The molecule has 0 aliphatic carbocycles. The number of hydrogen-bond acceptors (Lipinski definition) is 3. The second-order valence-electron chi connectivity index (χ2n) is 4.48. The van der Waals surface area contributed by atoms with Gasteiger partial charge in [-0.25, -0.2) is 9.37 Å². The molecule has 0 saturated heterocycles. The molecule has 0 fully saturated rings. The molecule has 0 unspecified atom stereocenters. The van der Waals surface area contributed by atoms with Crippen LogP contribution < -0.4 is 0 Å². The van der Waals surface area contributed by atoms with E-state index >= 15 is 0 Å². The third kappa shape index (κ3) is 2.42. The fourth-order valence-corrected chi connectivity index (χ4v) is 2.99. The van der Waals surface area contributed by atoms with Crippen LogP contribution in [0.1, 0.15) is 4.88 Å². The molecule has 0 radical (unpaired) electrons. The Kier molecular flexibility index (Phi) is 3.24. The van der Waals surface area contributed by atoms with Gasteiger partial charge in [-0.15, -0.1) is 11.3 Å². The van der Waals surface area contributed by atoms with Crippen LogP contribution in [0, 0.1) is 12.7 Å². The van der Waals surface area contributed by atoms with Gasteiger partial charge in [0.2, 0.25) is 0 Å². The predicted molar refractivity (Wildman–Crippen MR) is 79.3 cm³/mol. The maximum Gasteiger partial charge on any atom is 0.124 e. The molecule has 1 N–H and O–H groups in total.